The van der Waals surface area contributed by atoms with Crippen molar-refractivity contribution in [2.75, 3.05) is 6.61 Å². The highest BCUT2D eigenvalue weighted by Gasteiger charge is 2.24. The topological polar surface area (TPSA) is 50.7 Å². The average Bonchev–Trinajstić information content (AvgIpc) is 2.93. The molecule has 0 saturated carbocycles. The first-order chi connectivity index (χ1) is 12.1. The highest BCUT2D eigenvalue weighted by Crippen LogP contribution is 2.32. The summed E-state index contributed by atoms with van der Waals surface area (Å²) in [5, 5.41) is 3.98. The number of carbonyl (C=O) groups is 1. The van der Waals surface area contributed by atoms with E-state index in [1.807, 2.05) is 62.4 Å². The number of rotatable bonds is 4. The first-order valence-corrected chi connectivity index (χ1v) is 9.04. The highest BCUT2D eigenvalue weighted by atomic mass is 35.5. The van der Waals surface area contributed by atoms with Crippen molar-refractivity contribution in [3.63, 3.8) is 0 Å². The minimum absolute atomic E-state index is 0.172. The minimum Gasteiger partial charge on any atom is -0.493 e. The van der Waals surface area contributed by atoms with Gasteiger partial charge in [0.2, 0.25) is 0 Å². The molecule has 0 unspecified atom stereocenters. The number of hydrogen-bond acceptors (Lipinski definition) is 4. The third-order valence-corrected chi connectivity index (χ3v) is 4.94. The van der Waals surface area contributed by atoms with E-state index >= 15 is 0 Å². The molecule has 1 N–H and O–H groups in total. The zero-order valence-electron chi connectivity index (χ0n) is 13.9. The van der Waals surface area contributed by atoms with Crippen molar-refractivity contribution >= 4 is 46.2 Å². The van der Waals surface area contributed by atoms with Crippen molar-refractivity contribution in [3.05, 3.63) is 63.5 Å². The van der Waals surface area contributed by atoms with Crippen LogP contribution in [0, 0.1) is 6.92 Å². The molecular weight excluding hydrogens is 356 g/mol. The van der Waals surface area contributed by atoms with E-state index in [1.54, 1.807) is 0 Å². The summed E-state index contributed by atoms with van der Waals surface area (Å²) < 4.78 is 5.60. The van der Waals surface area contributed by atoms with Crippen LogP contribution in [0.3, 0.4) is 0 Å². The molecule has 0 aliphatic carbocycles. The summed E-state index contributed by atoms with van der Waals surface area (Å²) in [6, 6.07) is 13.1. The van der Waals surface area contributed by atoms with Gasteiger partial charge in [-0.05, 0) is 55.4 Å². The monoisotopic (exact) mass is 372 g/mol. The van der Waals surface area contributed by atoms with Gasteiger partial charge >= 0.3 is 0 Å². The lowest BCUT2D eigenvalue weighted by Gasteiger charge is -2.06. The fourth-order valence-electron chi connectivity index (χ4n) is 2.34. The van der Waals surface area contributed by atoms with Gasteiger partial charge in [0.25, 0.3) is 5.91 Å². The van der Waals surface area contributed by atoms with Crippen molar-refractivity contribution in [3.8, 4) is 5.75 Å². The highest BCUT2D eigenvalue weighted by molar-refractivity contribution is 8.18. The van der Waals surface area contributed by atoms with Gasteiger partial charge in [0.1, 0.15) is 5.75 Å². The molecule has 0 spiro atoms. The number of benzene rings is 2. The van der Waals surface area contributed by atoms with E-state index in [2.05, 4.69) is 10.3 Å². The summed E-state index contributed by atoms with van der Waals surface area (Å²) in [5.74, 6) is 0.580. The Morgan fingerprint density at radius 1 is 1.24 bits per heavy atom. The molecular formula is C19H17ClN2O2S. The van der Waals surface area contributed by atoms with E-state index in [0.717, 1.165) is 22.6 Å². The van der Waals surface area contributed by atoms with Crippen molar-refractivity contribution < 1.29 is 9.53 Å². The largest absolute Gasteiger partial charge is 0.493 e. The van der Waals surface area contributed by atoms with Crippen LogP contribution in [0.1, 0.15) is 18.1 Å². The Balaban J connectivity index is 1.88. The van der Waals surface area contributed by atoms with Crippen molar-refractivity contribution in [1.82, 2.24) is 5.32 Å². The number of thioether (sulfide) groups is 1. The lowest BCUT2D eigenvalue weighted by Crippen LogP contribution is -2.19. The van der Waals surface area contributed by atoms with Gasteiger partial charge in [-0.15, -0.1) is 0 Å². The molecule has 1 saturated heterocycles. The molecule has 0 aromatic heterocycles. The summed E-state index contributed by atoms with van der Waals surface area (Å²) >= 11 is 7.42. The molecule has 128 valence electrons. The van der Waals surface area contributed by atoms with E-state index < -0.39 is 0 Å². The fraction of sp³-hybridized carbons (Fsp3) is 0.158. The van der Waals surface area contributed by atoms with Gasteiger partial charge in [-0.2, -0.15) is 0 Å². The number of ether oxygens (including phenoxy) is 1. The number of nitrogens with one attached hydrogen (secondary N) is 1. The van der Waals surface area contributed by atoms with Crippen LogP contribution in [0.4, 0.5) is 5.69 Å². The number of amidine groups is 1. The molecule has 1 fully saturated rings. The summed E-state index contributed by atoms with van der Waals surface area (Å²) in [5.41, 5.74) is 2.49. The summed E-state index contributed by atoms with van der Waals surface area (Å²) in [6.07, 6.45) is 1.82. The van der Waals surface area contributed by atoms with Crippen LogP contribution in [-0.2, 0) is 4.79 Å². The molecule has 25 heavy (non-hydrogen) atoms. The van der Waals surface area contributed by atoms with Gasteiger partial charge in [-0.1, -0.05) is 35.9 Å². The van der Waals surface area contributed by atoms with Crippen LogP contribution in [0.25, 0.3) is 6.08 Å². The van der Waals surface area contributed by atoms with Crippen molar-refractivity contribution in [2.45, 2.75) is 13.8 Å². The molecule has 0 atom stereocenters. The maximum absolute atomic E-state index is 12.3. The van der Waals surface area contributed by atoms with Gasteiger partial charge in [-0.3, -0.25) is 4.79 Å². The molecule has 1 amide bonds. The summed E-state index contributed by atoms with van der Waals surface area (Å²) in [4.78, 5) is 17.3. The standard InChI is InChI=1S/C19H17ClN2O2S/c1-3-24-16-10-5-4-7-13(16)11-17-18(23)22-19(25-17)21-15-9-6-8-14(20)12(15)2/h4-11H,3H2,1-2H3,(H,21,22,23)/b17-11-. The molecule has 2 aromatic carbocycles. The molecule has 2 aromatic rings. The van der Waals surface area contributed by atoms with Crippen LogP contribution in [0.15, 0.2) is 52.4 Å². The maximum Gasteiger partial charge on any atom is 0.264 e. The van der Waals surface area contributed by atoms with E-state index in [1.165, 1.54) is 11.8 Å². The Kier molecular flexibility index (Phi) is 5.46. The third-order valence-electron chi connectivity index (χ3n) is 3.62. The van der Waals surface area contributed by atoms with Crippen LogP contribution in [-0.4, -0.2) is 17.7 Å². The van der Waals surface area contributed by atoms with Crippen molar-refractivity contribution in [2.24, 2.45) is 4.99 Å². The maximum atomic E-state index is 12.3. The lowest BCUT2D eigenvalue weighted by atomic mass is 10.2. The number of amides is 1. The first-order valence-electron chi connectivity index (χ1n) is 7.85. The van der Waals surface area contributed by atoms with Crippen LogP contribution in [0.5, 0.6) is 5.75 Å². The SMILES string of the molecule is CCOc1ccccc1/C=C1\SC(=Nc2cccc(Cl)c2C)NC1=O. The molecule has 0 radical (unpaired) electrons. The second kappa shape index (κ2) is 7.76. The number of halogens is 1. The van der Waals surface area contributed by atoms with E-state index in [9.17, 15) is 4.79 Å². The molecule has 1 aliphatic heterocycles. The van der Waals surface area contributed by atoms with Gasteiger partial charge < -0.3 is 10.1 Å². The Bertz CT molecular complexity index is 877. The van der Waals surface area contributed by atoms with Gasteiger partial charge in [-0.25, -0.2) is 4.99 Å². The molecule has 3 rings (SSSR count). The van der Waals surface area contributed by atoms with E-state index in [4.69, 9.17) is 16.3 Å². The smallest absolute Gasteiger partial charge is 0.264 e. The Labute approximate surface area is 155 Å². The second-order valence-electron chi connectivity index (χ2n) is 5.34. The second-order valence-corrected chi connectivity index (χ2v) is 6.77. The van der Waals surface area contributed by atoms with E-state index in [-0.39, 0.29) is 5.91 Å². The van der Waals surface area contributed by atoms with Gasteiger partial charge in [0.05, 0.1) is 17.2 Å². The van der Waals surface area contributed by atoms with Crippen LogP contribution in [0.2, 0.25) is 5.02 Å². The zero-order chi connectivity index (χ0) is 17.8. The molecule has 4 nitrogen and oxygen atoms in total. The Morgan fingerprint density at radius 3 is 2.84 bits per heavy atom. The molecule has 6 heteroatoms. The average molecular weight is 373 g/mol. The number of nitrogens with zero attached hydrogens (tertiary/aromatic N) is 1. The van der Waals surface area contributed by atoms with E-state index in [0.29, 0.717) is 21.7 Å². The zero-order valence-corrected chi connectivity index (χ0v) is 15.4. The lowest BCUT2D eigenvalue weighted by molar-refractivity contribution is -0.115. The summed E-state index contributed by atoms with van der Waals surface area (Å²) in [7, 11) is 0. The predicted octanol–water partition coefficient (Wildman–Crippen LogP) is 4.94. The number of carbonyl (C=O) groups excluding carboxylic acids is 1. The molecule has 1 heterocycles. The molecule has 0 bridgehead atoms. The summed E-state index contributed by atoms with van der Waals surface area (Å²) in [6.45, 7) is 4.40. The van der Waals surface area contributed by atoms with Gasteiger partial charge in [0.15, 0.2) is 5.17 Å². The van der Waals surface area contributed by atoms with Gasteiger partial charge in [0, 0.05) is 10.6 Å². The van der Waals surface area contributed by atoms with Crippen molar-refractivity contribution in [1.29, 1.82) is 0 Å². The minimum atomic E-state index is -0.172. The normalized spacial score (nSPS) is 17.2. The fourth-order valence-corrected chi connectivity index (χ4v) is 3.33. The van der Waals surface area contributed by atoms with Crippen LogP contribution >= 0.6 is 23.4 Å². The quantitative estimate of drug-likeness (QED) is 0.773. The molecule has 1 aliphatic rings. The number of para-hydroxylation sites is 1. The predicted molar refractivity (Wildman–Crippen MR) is 105 cm³/mol. The Morgan fingerprint density at radius 2 is 2.04 bits per heavy atom. The first kappa shape index (κ1) is 17.6. The Hall–Kier alpha value is -2.24. The number of hydrogen-bond donors (Lipinski definition) is 1. The number of aliphatic imine (C=N–C) groups is 1. The van der Waals surface area contributed by atoms with Crippen LogP contribution < -0.4 is 10.1 Å². The third kappa shape index (κ3) is 4.06.